The number of benzene rings is 1. The van der Waals surface area contributed by atoms with E-state index >= 15 is 0 Å². The molecule has 3 heterocycles. The van der Waals surface area contributed by atoms with Crippen LogP contribution in [0.4, 0.5) is 0 Å². The third-order valence-corrected chi connectivity index (χ3v) is 17.9. The predicted octanol–water partition coefficient (Wildman–Crippen LogP) is -6.51. The van der Waals surface area contributed by atoms with Crippen LogP contribution < -0.4 is 108 Å². The van der Waals surface area contributed by atoms with Gasteiger partial charge in [0.2, 0.25) is 106 Å². The number of nitrogens with two attached hydrogens (primary N) is 5. The molecule has 0 aliphatic carbocycles. The average Bonchev–Trinajstić information content (AvgIpc) is 1.66. The molecule has 1 aromatic carbocycles. The lowest BCUT2D eigenvalue weighted by molar-refractivity contribution is -0.136. The van der Waals surface area contributed by atoms with Gasteiger partial charge in [-0.3, -0.25) is 91.7 Å². The Morgan fingerprint density at radius 2 is 0.965 bits per heavy atom. The maximum Gasteiger partial charge on any atom is 0.243 e. The molecule has 28 N–H and O–H groups in total. The van der Waals surface area contributed by atoms with Crippen molar-refractivity contribution in [1.29, 1.82) is 5.41 Å². The quantitative estimate of drug-likeness (QED) is 0.0142. The molecular formula is C72H112N24O18. The van der Waals surface area contributed by atoms with Gasteiger partial charge in [-0.15, -0.1) is 0 Å². The number of nitrogens with one attached hydrogen (secondary N) is 18. The summed E-state index contributed by atoms with van der Waals surface area (Å²) in [5, 5.41) is 45.7. The average molecular weight is 1600 g/mol. The van der Waals surface area contributed by atoms with Crippen LogP contribution in [0.5, 0.6) is 0 Å². The first-order chi connectivity index (χ1) is 53.6. The van der Waals surface area contributed by atoms with Crippen LogP contribution in [0.3, 0.4) is 0 Å². The van der Waals surface area contributed by atoms with E-state index < -0.39 is 223 Å². The third-order valence-electron chi connectivity index (χ3n) is 17.9. The maximum atomic E-state index is 14.6. The lowest BCUT2D eigenvalue weighted by Gasteiger charge is -2.27. The van der Waals surface area contributed by atoms with Gasteiger partial charge in [0.1, 0.15) is 72.5 Å². The van der Waals surface area contributed by atoms with E-state index in [1.165, 1.54) is 19.4 Å². The van der Waals surface area contributed by atoms with Crippen LogP contribution in [-0.4, -0.2) is 219 Å². The lowest BCUT2D eigenvalue weighted by Crippen LogP contribution is -2.60. The summed E-state index contributed by atoms with van der Waals surface area (Å²) in [7, 11) is 0. The number of carbonyl (C=O) groups is 18. The zero-order valence-corrected chi connectivity index (χ0v) is 65.5. The number of para-hydroxylation sites is 1. The van der Waals surface area contributed by atoms with E-state index in [0.717, 1.165) is 0 Å². The fourth-order valence-corrected chi connectivity index (χ4v) is 12.0. The number of carbonyl (C=O) groups excluding carboxylic acids is 18. The Labute approximate surface area is 658 Å². The number of rotatable bonds is 50. The topological polar surface area (TPSA) is 686 Å². The number of nitrogens with zero attached hydrogens (tertiary/aromatic N) is 1. The van der Waals surface area contributed by atoms with Crippen molar-refractivity contribution in [3.05, 3.63) is 54.2 Å². The molecule has 114 heavy (non-hydrogen) atoms. The number of hydrogen-bond acceptors (Lipinski definition) is 20. The van der Waals surface area contributed by atoms with Crippen LogP contribution in [-0.2, 0) is 99.1 Å². The molecule has 42 heteroatoms. The summed E-state index contributed by atoms with van der Waals surface area (Å²) >= 11 is 0. The van der Waals surface area contributed by atoms with Crippen molar-refractivity contribution in [3.63, 3.8) is 0 Å². The minimum atomic E-state index is -1.89. The fourth-order valence-electron chi connectivity index (χ4n) is 12.0. The van der Waals surface area contributed by atoms with Crippen LogP contribution >= 0.6 is 0 Å². The third kappa shape index (κ3) is 33.3. The molecule has 3 aromatic rings. The molecule has 0 bridgehead atoms. The van der Waals surface area contributed by atoms with Gasteiger partial charge in [-0.25, -0.2) is 4.98 Å². The van der Waals surface area contributed by atoms with E-state index in [4.69, 9.17) is 34.1 Å². The van der Waals surface area contributed by atoms with E-state index in [0.29, 0.717) is 22.2 Å². The van der Waals surface area contributed by atoms with Gasteiger partial charge in [0, 0.05) is 61.9 Å². The summed E-state index contributed by atoms with van der Waals surface area (Å²) in [6.45, 7) is 13.5. The molecule has 0 spiro atoms. The molecule has 1 fully saturated rings. The maximum absolute atomic E-state index is 14.6. The Morgan fingerprint density at radius 1 is 0.491 bits per heavy atom. The molecule has 12 unspecified atom stereocenters. The first-order valence-electron chi connectivity index (χ1n) is 37.5. The number of primary amides is 4. The highest BCUT2D eigenvalue weighted by Gasteiger charge is 2.38. The van der Waals surface area contributed by atoms with Gasteiger partial charge in [-0.2, -0.15) is 0 Å². The Kier molecular flexibility index (Phi) is 38.4. The van der Waals surface area contributed by atoms with Crippen molar-refractivity contribution in [1.82, 2.24) is 94.7 Å². The number of guanidine groups is 1. The second-order valence-corrected chi connectivity index (χ2v) is 29.5. The van der Waals surface area contributed by atoms with Gasteiger partial charge in [0.25, 0.3) is 0 Å². The molecule has 1 aliphatic rings. The van der Waals surface area contributed by atoms with Crippen LogP contribution in [0.15, 0.2) is 43.0 Å². The summed E-state index contributed by atoms with van der Waals surface area (Å²) in [6.07, 6.45) is 1.58. The van der Waals surface area contributed by atoms with Crippen molar-refractivity contribution in [2.24, 2.45) is 52.3 Å². The minimum absolute atomic E-state index is 0.0231. The highest BCUT2D eigenvalue weighted by atomic mass is 16.2. The highest BCUT2D eigenvalue weighted by Crippen LogP contribution is 2.21. The highest BCUT2D eigenvalue weighted by molar-refractivity contribution is 6.01. The Hall–Kier alpha value is -12.3. The predicted molar refractivity (Wildman–Crippen MR) is 411 cm³/mol. The van der Waals surface area contributed by atoms with E-state index in [2.05, 4.69) is 94.7 Å². The Balaban J connectivity index is 1.51. The van der Waals surface area contributed by atoms with Gasteiger partial charge in [-0.05, 0) is 93.6 Å². The number of imidazole rings is 1. The van der Waals surface area contributed by atoms with Crippen LogP contribution in [0.2, 0.25) is 0 Å². The zero-order chi connectivity index (χ0) is 85.2. The molecule has 12 atom stereocenters. The molecule has 2 aromatic heterocycles. The van der Waals surface area contributed by atoms with Crippen molar-refractivity contribution in [2.45, 2.75) is 225 Å². The summed E-state index contributed by atoms with van der Waals surface area (Å²) in [5.41, 5.74) is 28.8. The van der Waals surface area contributed by atoms with Gasteiger partial charge < -0.3 is 118 Å². The second-order valence-electron chi connectivity index (χ2n) is 29.5. The zero-order valence-electron chi connectivity index (χ0n) is 65.5. The van der Waals surface area contributed by atoms with Gasteiger partial charge in [0.05, 0.1) is 31.5 Å². The molecule has 18 amide bonds. The largest absolute Gasteiger partial charge is 0.370 e. The number of hydrogen-bond donors (Lipinski definition) is 23. The number of aromatic amines is 2. The fraction of sp³-hybridized carbons (Fsp3) is 0.583. The van der Waals surface area contributed by atoms with Gasteiger partial charge in [-0.1, -0.05) is 73.6 Å². The first kappa shape index (κ1) is 94.1. The Morgan fingerprint density at radius 3 is 1.48 bits per heavy atom. The van der Waals surface area contributed by atoms with Crippen molar-refractivity contribution < 1.29 is 86.3 Å². The lowest BCUT2D eigenvalue weighted by atomic mass is 9.99. The standard InChI is InChI=1S/C72H112N24O18/c1-34(2)23-47(60(76)103)92-68(111)49(25-36(5)6)94-69(112)51(27-40-30-79-33-84-40)87-58(102)32-83-71(114)59(37(7)8)96-61(104)38(9)85-67(110)50(26-39-29-81-42-14-11-10-13-41(39)42)95-66(109)46(17-20-54(74)98)91-70(113)52(28-55(75)99)88-57(101)31-82-62(105)48(24-35(3)4)93-63(106)43(15-12-22-80-72(77)78)89-65(108)45(16-19-53(73)97)90-64(107)44-18-21-56(100)86-44/h10-11,13-14,29-30,33-38,43-52,59,81H,12,15-28,31-32H2,1-9H3,(H2,73,97)(H2,74,98)(H2,75,99)(H2,76,103)(H,79,84)(H,82,105)(H,83,114)(H,85,110)(H,86,100)(H,87,102)(H,88,101)(H,89,108)(H,90,107)(H,91,113)(H,92,111)(H,93,106)(H,94,112)(H,95,109)(H,96,104)(H4,77,78,80). The number of H-pyrrole nitrogens is 2. The van der Waals surface area contributed by atoms with E-state index in [-0.39, 0.29) is 94.9 Å². The number of amides is 18. The number of fused-ring (bicyclic) bond motifs is 1. The summed E-state index contributed by atoms with van der Waals surface area (Å²) < 4.78 is 0. The normalized spacial score (nSPS) is 15.4. The summed E-state index contributed by atoms with van der Waals surface area (Å²) in [6, 6.07) is -10.1. The van der Waals surface area contributed by atoms with Crippen molar-refractivity contribution in [3.8, 4) is 0 Å². The van der Waals surface area contributed by atoms with Gasteiger partial charge in [0.15, 0.2) is 5.96 Å². The van der Waals surface area contributed by atoms with Crippen LogP contribution in [0, 0.1) is 29.1 Å². The minimum Gasteiger partial charge on any atom is -0.370 e. The Bertz CT molecular complexity index is 3920. The molecule has 4 rings (SSSR count). The first-order valence-corrected chi connectivity index (χ1v) is 37.5. The van der Waals surface area contributed by atoms with Gasteiger partial charge >= 0.3 is 0 Å². The van der Waals surface area contributed by atoms with Crippen molar-refractivity contribution in [2.75, 3.05) is 19.6 Å². The summed E-state index contributed by atoms with van der Waals surface area (Å²) in [5.74, 6) is -17.8. The smallest absolute Gasteiger partial charge is 0.243 e. The SMILES string of the molecule is CC(C)CC(NC(=O)C(CC(C)C)NC(=O)C(Cc1c[nH]cn1)NC(=O)CNC(=O)C(NC(=O)C(C)NC(=O)C(Cc1c[nH]c2ccccc12)NC(=O)C(CCC(N)=O)NC(=O)C(CC(N)=O)NC(=O)CNC(=O)C(CC(C)C)NC(=O)C(CCCNC(=N)N)NC(=O)C(CCC(N)=O)NC(=O)C1CCC(=O)N1)C(C)C)C(N)=O. The van der Waals surface area contributed by atoms with E-state index in [1.54, 1.807) is 58.2 Å². The van der Waals surface area contributed by atoms with E-state index in [1.807, 2.05) is 27.7 Å². The van der Waals surface area contributed by atoms with Crippen LogP contribution in [0.1, 0.15) is 151 Å². The van der Waals surface area contributed by atoms with E-state index in [9.17, 15) is 86.3 Å². The molecular weight excluding hydrogens is 1490 g/mol. The molecule has 1 saturated heterocycles. The molecule has 0 radical (unpaired) electrons. The van der Waals surface area contributed by atoms with Crippen LogP contribution in [0.25, 0.3) is 10.9 Å². The molecule has 1 aliphatic heterocycles. The number of aromatic nitrogens is 3. The molecule has 0 saturated carbocycles. The summed E-state index contributed by atoms with van der Waals surface area (Å²) in [4.78, 5) is 252. The second kappa shape index (κ2) is 46.5. The molecule has 628 valence electrons. The molecule has 42 nitrogen and oxygen atoms in total. The van der Waals surface area contributed by atoms with Crippen molar-refractivity contribution >= 4 is 123 Å². The monoisotopic (exact) mass is 1600 g/mol.